The number of thiazole rings is 1. The molecule has 10 nitrogen and oxygen atoms in total. The molecule has 0 unspecified atom stereocenters. The number of ether oxygens (including phenoxy) is 2. The summed E-state index contributed by atoms with van der Waals surface area (Å²) in [4.78, 5) is 45.0. The van der Waals surface area contributed by atoms with Crippen molar-refractivity contribution in [2.45, 2.75) is 57.3 Å². The smallest absolute Gasteiger partial charge is 0.267 e. The van der Waals surface area contributed by atoms with Crippen molar-refractivity contribution in [3.8, 4) is 11.5 Å². The topological polar surface area (TPSA) is 130 Å². The van der Waals surface area contributed by atoms with Gasteiger partial charge in [-0.15, -0.1) is 11.3 Å². The van der Waals surface area contributed by atoms with Crippen LogP contribution >= 0.6 is 11.3 Å². The Morgan fingerprint density at radius 1 is 1.12 bits per heavy atom. The van der Waals surface area contributed by atoms with Crippen molar-refractivity contribution < 1.29 is 37.7 Å². The third-order valence-electron chi connectivity index (χ3n) is 7.12. The van der Waals surface area contributed by atoms with Gasteiger partial charge < -0.3 is 30.1 Å². The fourth-order valence-electron chi connectivity index (χ4n) is 5.07. The zero-order chi connectivity index (χ0) is 30.0. The van der Waals surface area contributed by atoms with Crippen LogP contribution in [0.5, 0.6) is 11.5 Å². The Balaban J connectivity index is 1.32. The maximum atomic E-state index is 14.6. The maximum Gasteiger partial charge on any atom is 0.267 e. The van der Waals surface area contributed by atoms with Gasteiger partial charge in [-0.1, -0.05) is 36.4 Å². The zero-order valence-corrected chi connectivity index (χ0v) is 23.7. The second kappa shape index (κ2) is 12.0. The number of aliphatic hydroxyl groups excluding tert-OH is 1. The van der Waals surface area contributed by atoms with Gasteiger partial charge in [0.05, 0.1) is 23.3 Å². The first-order chi connectivity index (χ1) is 20.0. The normalized spacial score (nSPS) is 18.4. The highest BCUT2D eigenvalue weighted by molar-refractivity contribution is 7.13. The fourth-order valence-corrected chi connectivity index (χ4v) is 5.89. The molecular formula is C29H30F2N4O6S. The number of aromatic nitrogens is 1. The molecule has 0 spiro atoms. The predicted molar refractivity (Wildman–Crippen MR) is 148 cm³/mol. The summed E-state index contributed by atoms with van der Waals surface area (Å²) in [6, 6.07) is 11.2. The zero-order valence-electron chi connectivity index (χ0n) is 22.9. The molecule has 42 heavy (non-hydrogen) atoms. The highest BCUT2D eigenvalue weighted by atomic mass is 32.1. The Morgan fingerprint density at radius 3 is 2.57 bits per heavy atom. The van der Waals surface area contributed by atoms with Crippen molar-refractivity contribution >= 4 is 29.1 Å². The molecular weight excluding hydrogens is 570 g/mol. The Labute approximate surface area is 244 Å². The third-order valence-corrected chi connectivity index (χ3v) is 8.19. The summed E-state index contributed by atoms with van der Waals surface area (Å²) in [5, 5.41) is 17.2. The van der Waals surface area contributed by atoms with E-state index in [9.17, 15) is 28.3 Å². The number of rotatable bonds is 9. The van der Waals surface area contributed by atoms with Gasteiger partial charge in [0.25, 0.3) is 17.7 Å². The van der Waals surface area contributed by atoms with E-state index in [1.54, 1.807) is 62.4 Å². The van der Waals surface area contributed by atoms with Crippen LogP contribution in [0, 0.1) is 13.8 Å². The van der Waals surface area contributed by atoms with Gasteiger partial charge in [-0.25, -0.2) is 13.8 Å². The number of halogens is 2. The molecule has 1 saturated heterocycles. The molecule has 2 aromatic carbocycles. The SMILES string of the molecule is Cc1nc(C)c(C(=O)N[C@@H](Cc2ccccc2)[C@H](O)C(=O)N2CC(F)(F)C[C@H]2C(=O)NCc2ccc3c(c2)OCO3)s1. The Bertz CT molecular complexity index is 1480. The number of amides is 3. The van der Waals surface area contributed by atoms with E-state index < -0.39 is 54.8 Å². The van der Waals surface area contributed by atoms with E-state index >= 15 is 0 Å². The van der Waals surface area contributed by atoms with E-state index in [0.717, 1.165) is 11.3 Å². The first kappa shape index (κ1) is 29.4. The summed E-state index contributed by atoms with van der Waals surface area (Å²) in [6.45, 7) is 2.47. The molecule has 1 aromatic heterocycles. The molecule has 3 amide bonds. The number of benzene rings is 2. The van der Waals surface area contributed by atoms with E-state index in [1.165, 1.54) is 0 Å². The van der Waals surface area contributed by atoms with Crippen LogP contribution in [0.15, 0.2) is 48.5 Å². The van der Waals surface area contributed by atoms with Gasteiger partial charge in [0, 0.05) is 13.0 Å². The van der Waals surface area contributed by atoms with Crippen LogP contribution in [-0.4, -0.2) is 70.2 Å². The Kier molecular flexibility index (Phi) is 8.41. The minimum Gasteiger partial charge on any atom is -0.454 e. The lowest BCUT2D eigenvalue weighted by Crippen LogP contribution is -2.55. The first-order valence-electron chi connectivity index (χ1n) is 13.3. The molecule has 2 aliphatic heterocycles. The number of fused-ring (bicyclic) bond motifs is 1. The predicted octanol–water partition coefficient (Wildman–Crippen LogP) is 2.74. The Hall–Kier alpha value is -4.10. The molecule has 0 radical (unpaired) electrons. The summed E-state index contributed by atoms with van der Waals surface area (Å²) >= 11 is 1.16. The number of nitrogens with one attached hydrogen (secondary N) is 2. The largest absolute Gasteiger partial charge is 0.454 e. The van der Waals surface area contributed by atoms with E-state index in [2.05, 4.69) is 15.6 Å². The molecule has 222 valence electrons. The minimum absolute atomic E-state index is 0.00242. The number of likely N-dealkylation sites (tertiary alicyclic amines) is 1. The quantitative estimate of drug-likeness (QED) is 0.345. The summed E-state index contributed by atoms with van der Waals surface area (Å²) in [5.74, 6) is -4.69. The van der Waals surface area contributed by atoms with Crippen molar-refractivity contribution in [3.63, 3.8) is 0 Å². The average molecular weight is 601 g/mol. The van der Waals surface area contributed by atoms with Crippen molar-refractivity contribution in [2.75, 3.05) is 13.3 Å². The van der Waals surface area contributed by atoms with Gasteiger partial charge in [-0.2, -0.15) is 0 Å². The van der Waals surface area contributed by atoms with Crippen LogP contribution in [0.2, 0.25) is 0 Å². The molecule has 0 bridgehead atoms. The number of carbonyl (C=O) groups is 3. The van der Waals surface area contributed by atoms with E-state index in [0.29, 0.717) is 43.1 Å². The minimum atomic E-state index is -3.34. The van der Waals surface area contributed by atoms with Crippen molar-refractivity contribution in [3.05, 3.63) is 75.2 Å². The van der Waals surface area contributed by atoms with Crippen LogP contribution in [0.1, 0.15) is 37.9 Å². The Morgan fingerprint density at radius 2 is 1.86 bits per heavy atom. The van der Waals surface area contributed by atoms with Crippen molar-refractivity contribution in [1.82, 2.24) is 20.5 Å². The lowest BCUT2D eigenvalue weighted by molar-refractivity contribution is -0.147. The van der Waals surface area contributed by atoms with E-state index in [1.807, 2.05) is 0 Å². The number of carbonyl (C=O) groups excluding carboxylic acids is 3. The van der Waals surface area contributed by atoms with Crippen LogP contribution in [-0.2, 0) is 22.6 Å². The van der Waals surface area contributed by atoms with Gasteiger partial charge in [-0.3, -0.25) is 14.4 Å². The number of aryl methyl sites for hydroxylation is 2. The highest BCUT2D eigenvalue weighted by Crippen LogP contribution is 2.34. The number of hydrogen-bond donors (Lipinski definition) is 3. The molecule has 0 saturated carbocycles. The molecule has 3 atom stereocenters. The van der Waals surface area contributed by atoms with E-state index in [4.69, 9.17) is 9.47 Å². The third kappa shape index (κ3) is 6.52. The fraction of sp³-hybridized carbons (Fsp3) is 0.379. The van der Waals surface area contributed by atoms with Gasteiger partial charge in [0.15, 0.2) is 17.6 Å². The molecule has 5 rings (SSSR count). The molecule has 3 heterocycles. The molecule has 1 fully saturated rings. The van der Waals surface area contributed by atoms with Crippen LogP contribution in [0.3, 0.4) is 0 Å². The maximum absolute atomic E-state index is 14.6. The summed E-state index contributed by atoms with van der Waals surface area (Å²) < 4.78 is 39.8. The lowest BCUT2D eigenvalue weighted by Gasteiger charge is -2.30. The lowest BCUT2D eigenvalue weighted by atomic mass is 9.99. The van der Waals surface area contributed by atoms with Gasteiger partial charge in [0.1, 0.15) is 10.9 Å². The van der Waals surface area contributed by atoms with Gasteiger partial charge >= 0.3 is 0 Å². The van der Waals surface area contributed by atoms with Crippen molar-refractivity contribution in [2.24, 2.45) is 0 Å². The van der Waals surface area contributed by atoms with Crippen LogP contribution < -0.4 is 20.1 Å². The number of aliphatic hydroxyl groups is 1. The van der Waals surface area contributed by atoms with Crippen LogP contribution in [0.4, 0.5) is 8.78 Å². The summed E-state index contributed by atoms with van der Waals surface area (Å²) in [6.07, 6.45) is -2.75. The van der Waals surface area contributed by atoms with Gasteiger partial charge in [-0.05, 0) is 43.5 Å². The highest BCUT2D eigenvalue weighted by Gasteiger charge is 2.51. The van der Waals surface area contributed by atoms with E-state index in [-0.39, 0.29) is 19.8 Å². The first-order valence-corrected chi connectivity index (χ1v) is 14.1. The monoisotopic (exact) mass is 600 g/mol. The number of alkyl halides is 2. The van der Waals surface area contributed by atoms with Crippen LogP contribution in [0.25, 0.3) is 0 Å². The second-order valence-electron chi connectivity index (χ2n) is 10.3. The summed E-state index contributed by atoms with van der Waals surface area (Å²) in [7, 11) is 0. The molecule has 3 N–H and O–H groups in total. The molecule has 2 aliphatic rings. The number of nitrogens with zero attached hydrogens (tertiary/aromatic N) is 2. The summed E-state index contributed by atoms with van der Waals surface area (Å²) in [5.41, 5.74) is 1.85. The average Bonchev–Trinajstić information content (AvgIpc) is 3.66. The van der Waals surface area contributed by atoms with Crippen molar-refractivity contribution in [1.29, 1.82) is 0 Å². The molecule has 0 aliphatic carbocycles. The molecule has 3 aromatic rings. The standard InChI is InChI=1S/C29H30F2N4O6S/c1-16-25(42-17(2)33-16)27(38)34-20(10-18-6-4-3-5-7-18)24(36)28(39)35-14-29(30,31)12-21(35)26(37)32-13-19-8-9-22-23(11-19)41-15-40-22/h3-9,11,20-21,24,36H,10,12-15H2,1-2H3,(H,32,37)(H,34,38)/t20-,21-,24-/m0/s1. The second-order valence-corrected chi connectivity index (χ2v) is 11.5. The number of hydrogen-bond acceptors (Lipinski definition) is 8. The molecule has 13 heteroatoms. The van der Waals surface area contributed by atoms with Gasteiger partial charge in [0.2, 0.25) is 12.7 Å².